The maximum Gasteiger partial charge on any atom is 0.317 e. The molecule has 1 heterocycles. The van der Waals surface area contributed by atoms with Crippen LogP contribution in [0, 0.1) is 5.82 Å². The van der Waals surface area contributed by atoms with Crippen LogP contribution in [0.5, 0.6) is 0 Å². The van der Waals surface area contributed by atoms with Crippen molar-refractivity contribution in [2.75, 3.05) is 26.8 Å². The predicted octanol–water partition coefficient (Wildman–Crippen LogP) is 2.20. The van der Waals surface area contributed by atoms with Gasteiger partial charge >= 0.3 is 6.03 Å². The van der Waals surface area contributed by atoms with Crippen LogP contribution in [0.15, 0.2) is 24.3 Å². The summed E-state index contributed by atoms with van der Waals surface area (Å²) in [7, 11) is 1.61. The Hall–Kier alpha value is -1.66. The Labute approximate surface area is 136 Å². The topological polar surface area (TPSA) is 50.8 Å². The van der Waals surface area contributed by atoms with E-state index in [9.17, 15) is 9.18 Å². The normalized spacial score (nSPS) is 22.7. The van der Waals surface area contributed by atoms with Crippen LogP contribution in [0.2, 0.25) is 0 Å². The van der Waals surface area contributed by atoms with Gasteiger partial charge in [0.15, 0.2) is 0 Å². The molecular weight excluding hydrogens is 299 g/mol. The molecule has 1 aromatic carbocycles. The van der Waals surface area contributed by atoms with Gasteiger partial charge in [0.25, 0.3) is 0 Å². The highest BCUT2D eigenvalue weighted by Gasteiger charge is 2.28. The number of halogens is 1. The number of urea groups is 1. The Bertz CT molecular complexity index is 526. The van der Waals surface area contributed by atoms with E-state index in [1.54, 1.807) is 30.2 Å². The van der Waals surface area contributed by atoms with E-state index in [2.05, 4.69) is 5.32 Å². The van der Waals surface area contributed by atoms with Crippen LogP contribution < -0.4 is 5.32 Å². The third kappa shape index (κ3) is 5.18. The molecule has 0 bridgehead atoms. The fourth-order valence-corrected chi connectivity index (χ4v) is 2.84. The van der Waals surface area contributed by atoms with Gasteiger partial charge in [0.1, 0.15) is 5.82 Å². The monoisotopic (exact) mass is 324 g/mol. The number of hydrogen-bond donors (Lipinski definition) is 1. The van der Waals surface area contributed by atoms with E-state index in [4.69, 9.17) is 9.47 Å². The van der Waals surface area contributed by atoms with Crippen molar-refractivity contribution in [1.82, 2.24) is 10.2 Å². The first-order valence-corrected chi connectivity index (χ1v) is 7.92. The second-order valence-electron chi connectivity index (χ2n) is 6.08. The lowest BCUT2D eigenvalue weighted by Gasteiger charge is -2.37. The smallest absolute Gasteiger partial charge is 0.317 e. The zero-order valence-corrected chi connectivity index (χ0v) is 13.9. The van der Waals surface area contributed by atoms with Crippen LogP contribution in [0.4, 0.5) is 9.18 Å². The van der Waals surface area contributed by atoms with Crippen LogP contribution in [-0.4, -0.2) is 56.0 Å². The molecule has 0 aromatic heterocycles. The van der Waals surface area contributed by atoms with Crippen LogP contribution in [0.3, 0.4) is 0 Å². The molecule has 0 spiro atoms. The van der Waals surface area contributed by atoms with Crippen molar-refractivity contribution in [3.8, 4) is 0 Å². The molecular formula is C17H25FN2O3. The summed E-state index contributed by atoms with van der Waals surface area (Å²) in [6.45, 7) is 5.31. The molecule has 1 fully saturated rings. The van der Waals surface area contributed by atoms with E-state index in [1.165, 1.54) is 6.07 Å². The van der Waals surface area contributed by atoms with E-state index in [0.29, 0.717) is 31.7 Å². The minimum atomic E-state index is -0.242. The lowest BCUT2D eigenvalue weighted by molar-refractivity contribution is -0.0898. The van der Waals surface area contributed by atoms with Crippen LogP contribution in [0.25, 0.3) is 0 Å². The van der Waals surface area contributed by atoms with Crippen LogP contribution in [0.1, 0.15) is 19.4 Å². The number of rotatable bonds is 5. The number of carbonyl (C=O) groups excluding carboxylic acids is 1. The van der Waals surface area contributed by atoms with Crippen molar-refractivity contribution in [3.63, 3.8) is 0 Å². The van der Waals surface area contributed by atoms with E-state index in [-0.39, 0.29) is 30.1 Å². The van der Waals surface area contributed by atoms with E-state index in [1.807, 2.05) is 13.8 Å². The van der Waals surface area contributed by atoms with Crippen LogP contribution >= 0.6 is 0 Å². The number of amides is 2. The lowest BCUT2D eigenvalue weighted by Crippen LogP contribution is -2.54. The molecule has 0 unspecified atom stereocenters. The molecule has 2 amide bonds. The van der Waals surface area contributed by atoms with Crippen molar-refractivity contribution in [2.45, 2.75) is 38.5 Å². The van der Waals surface area contributed by atoms with Gasteiger partial charge in [-0.3, -0.25) is 0 Å². The molecule has 1 aliphatic rings. The molecule has 0 aliphatic carbocycles. The maximum absolute atomic E-state index is 13.7. The standard InChI is InChI=1S/C17H25FN2O3/c1-12(8-14-6-4-5-7-16(14)18)19-17(21)20-9-13(2)23-15(10-20)11-22-3/h4-7,12-13,15H,8-11H2,1-3H3,(H,19,21)/t12-,13-,15+/m1/s1. The summed E-state index contributed by atoms with van der Waals surface area (Å²) >= 11 is 0. The first-order valence-electron chi connectivity index (χ1n) is 7.92. The van der Waals surface area contributed by atoms with Gasteiger partial charge in [0.05, 0.1) is 25.4 Å². The third-order valence-corrected chi connectivity index (χ3v) is 3.82. The Morgan fingerprint density at radius 2 is 2.22 bits per heavy atom. The second-order valence-corrected chi connectivity index (χ2v) is 6.08. The summed E-state index contributed by atoms with van der Waals surface area (Å²) in [6, 6.07) is 6.33. The fourth-order valence-electron chi connectivity index (χ4n) is 2.84. The Kier molecular flexibility index (Phi) is 6.36. The molecule has 5 nitrogen and oxygen atoms in total. The molecule has 0 radical (unpaired) electrons. The highest BCUT2D eigenvalue weighted by atomic mass is 19.1. The summed E-state index contributed by atoms with van der Waals surface area (Å²) in [5.41, 5.74) is 0.605. The molecule has 128 valence electrons. The molecule has 2 rings (SSSR count). The van der Waals surface area contributed by atoms with Gasteiger partial charge in [-0.15, -0.1) is 0 Å². The minimum Gasteiger partial charge on any atom is -0.382 e. The molecule has 0 saturated carbocycles. The highest BCUT2D eigenvalue weighted by molar-refractivity contribution is 5.74. The van der Waals surface area contributed by atoms with Gasteiger partial charge in [0, 0.05) is 19.7 Å². The lowest BCUT2D eigenvalue weighted by atomic mass is 10.1. The summed E-state index contributed by atoms with van der Waals surface area (Å²) in [4.78, 5) is 14.1. The van der Waals surface area contributed by atoms with Crippen molar-refractivity contribution in [1.29, 1.82) is 0 Å². The average Bonchev–Trinajstić information content (AvgIpc) is 2.49. The number of nitrogens with zero attached hydrogens (tertiary/aromatic N) is 1. The number of morpholine rings is 1. The van der Waals surface area contributed by atoms with E-state index >= 15 is 0 Å². The van der Waals surface area contributed by atoms with Crippen molar-refractivity contribution in [3.05, 3.63) is 35.6 Å². The number of nitrogens with one attached hydrogen (secondary N) is 1. The molecule has 3 atom stereocenters. The number of methoxy groups -OCH3 is 1. The maximum atomic E-state index is 13.7. The molecule has 1 saturated heterocycles. The van der Waals surface area contributed by atoms with E-state index in [0.717, 1.165) is 0 Å². The Balaban J connectivity index is 1.89. The predicted molar refractivity (Wildman–Crippen MR) is 85.9 cm³/mol. The molecule has 6 heteroatoms. The second kappa shape index (κ2) is 8.26. The van der Waals surface area contributed by atoms with Crippen molar-refractivity contribution in [2.24, 2.45) is 0 Å². The van der Waals surface area contributed by atoms with Gasteiger partial charge in [-0.05, 0) is 31.9 Å². The van der Waals surface area contributed by atoms with Gasteiger partial charge in [-0.2, -0.15) is 0 Å². The first-order chi connectivity index (χ1) is 11.0. The Morgan fingerprint density at radius 1 is 1.48 bits per heavy atom. The zero-order valence-electron chi connectivity index (χ0n) is 13.9. The number of benzene rings is 1. The fraction of sp³-hybridized carbons (Fsp3) is 0.588. The number of carbonyl (C=O) groups is 1. The Morgan fingerprint density at radius 3 is 2.91 bits per heavy atom. The largest absolute Gasteiger partial charge is 0.382 e. The van der Waals surface area contributed by atoms with Gasteiger partial charge in [-0.1, -0.05) is 18.2 Å². The van der Waals surface area contributed by atoms with Gasteiger partial charge in [0.2, 0.25) is 0 Å². The summed E-state index contributed by atoms with van der Waals surface area (Å²) in [5.74, 6) is -0.242. The summed E-state index contributed by atoms with van der Waals surface area (Å²) in [5, 5.41) is 2.93. The van der Waals surface area contributed by atoms with Gasteiger partial charge < -0.3 is 19.7 Å². The third-order valence-electron chi connectivity index (χ3n) is 3.82. The zero-order chi connectivity index (χ0) is 16.8. The van der Waals surface area contributed by atoms with Crippen molar-refractivity contribution >= 4 is 6.03 Å². The van der Waals surface area contributed by atoms with Gasteiger partial charge in [-0.25, -0.2) is 9.18 Å². The highest BCUT2D eigenvalue weighted by Crippen LogP contribution is 2.13. The minimum absolute atomic E-state index is 0.0310. The number of ether oxygens (including phenoxy) is 2. The van der Waals surface area contributed by atoms with E-state index < -0.39 is 0 Å². The number of hydrogen-bond acceptors (Lipinski definition) is 3. The molecule has 1 aliphatic heterocycles. The molecule has 23 heavy (non-hydrogen) atoms. The average molecular weight is 324 g/mol. The molecule has 1 aromatic rings. The van der Waals surface area contributed by atoms with Crippen molar-refractivity contribution < 1.29 is 18.7 Å². The van der Waals surface area contributed by atoms with Crippen LogP contribution in [-0.2, 0) is 15.9 Å². The first kappa shape index (κ1) is 17.7. The summed E-state index contributed by atoms with van der Waals surface area (Å²) < 4.78 is 24.5. The quantitative estimate of drug-likeness (QED) is 0.903. The summed E-state index contributed by atoms with van der Waals surface area (Å²) in [6.07, 6.45) is 0.313. The molecule has 1 N–H and O–H groups in total. The SMILES string of the molecule is COC[C@@H]1CN(C(=O)N[C@H](C)Cc2ccccc2F)C[C@@H](C)O1.